The average molecular weight is 524 g/mol. The molecule has 3 nitrogen and oxygen atoms in total. The number of nitrogens with one attached hydrogen (secondary N) is 1. The van der Waals surface area contributed by atoms with Gasteiger partial charge in [-0.1, -0.05) is 18.2 Å². The molecule has 0 radical (unpaired) electrons. The lowest BCUT2D eigenvalue weighted by molar-refractivity contribution is -0.113. The number of amides is 1. The number of methoxy groups -OCH3 is 1. The van der Waals surface area contributed by atoms with Crippen molar-refractivity contribution in [1.29, 1.82) is 0 Å². The lowest BCUT2D eigenvalue weighted by Gasteiger charge is -2.14. The van der Waals surface area contributed by atoms with Crippen molar-refractivity contribution in [3.8, 4) is 5.75 Å². The third-order valence-electron chi connectivity index (χ3n) is 3.05. The van der Waals surface area contributed by atoms with Crippen molar-refractivity contribution in [2.24, 2.45) is 0 Å². The zero-order chi connectivity index (χ0) is 17.0. The Balaban J connectivity index is 2.10. The summed E-state index contributed by atoms with van der Waals surface area (Å²) in [7, 11) is 1.57. The number of benzene rings is 2. The summed E-state index contributed by atoms with van der Waals surface area (Å²) in [5.41, 5.74) is 1.78. The minimum absolute atomic E-state index is 0.0855. The second-order valence-electron chi connectivity index (χ2n) is 4.67. The van der Waals surface area contributed by atoms with Gasteiger partial charge in [0.05, 0.1) is 23.0 Å². The molecule has 0 unspecified atom stereocenters. The van der Waals surface area contributed by atoms with Crippen LogP contribution in [-0.2, 0) is 4.79 Å². The molecule has 0 aliphatic carbocycles. The summed E-state index contributed by atoms with van der Waals surface area (Å²) < 4.78 is 7.78. The van der Waals surface area contributed by atoms with Crippen LogP contribution in [0.5, 0.6) is 5.75 Å². The van der Waals surface area contributed by atoms with Crippen molar-refractivity contribution in [3.63, 3.8) is 0 Å². The van der Waals surface area contributed by atoms with Gasteiger partial charge < -0.3 is 10.1 Å². The van der Waals surface area contributed by atoms with E-state index in [4.69, 9.17) is 4.74 Å². The van der Waals surface area contributed by atoms with Gasteiger partial charge in [0.1, 0.15) is 0 Å². The lowest BCUT2D eigenvalue weighted by Crippen LogP contribution is -2.15. The van der Waals surface area contributed by atoms with E-state index in [9.17, 15) is 4.79 Å². The van der Waals surface area contributed by atoms with Crippen molar-refractivity contribution >= 4 is 71.1 Å². The van der Waals surface area contributed by atoms with Gasteiger partial charge in [-0.25, -0.2) is 0 Å². The summed E-state index contributed by atoms with van der Waals surface area (Å²) in [5, 5.41) is 2.89. The van der Waals surface area contributed by atoms with Gasteiger partial charge in [0.25, 0.3) is 0 Å². The highest BCUT2D eigenvalue weighted by molar-refractivity contribution is 9.14. The van der Waals surface area contributed by atoms with E-state index in [0.717, 1.165) is 23.9 Å². The van der Waals surface area contributed by atoms with E-state index in [0.29, 0.717) is 17.2 Å². The first-order chi connectivity index (χ1) is 10.9. The Hall–Kier alpha value is -0.500. The van der Waals surface area contributed by atoms with E-state index in [-0.39, 0.29) is 5.91 Å². The van der Waals surface area contributed by atoms with Crippen molar-refractivity contribution < 1.29 is 9.53 Å². The molecule has 1 N–H and O–H groups in total. The summed E-state index contributed by atoms with van der Waals surface area (Å²) in [6.07, 6.45) is 0. The monoisotopic (exact) mass is 521 g/mol. The van der Waals surface area contributed by atoms with Crippen molar-refractivity contribution in [3.05, 3.63) is 49.3 Å². The van der Waals surface area contributed by atoms with Crippen molar-refractivity contribution in [2.45, 2.75) is 11.8 Å². The van der Waals surface area contributed by atoms with Crippen LogP contribution in [0.2, 0.25) is 0 Å². The average Bonchev–Trinajstić information content (AvgIpc) is 2.52. The molecule has 0 aliphatic rings. The van der Waals surface area contributed by atoms with E-state index in [1.54, 1.807) is 7.11 Å². The number of carbonyl (C=O) groups excluding carboxylic acids is 1. The predicted octanol–water partition coefficient (Wildman–Crippen LogP) is 6.02. The highest BCUT2D eigenvalue weighted by Gasteiger charge is 2.16. The molecule has 23 heavy (non-hydrogen) atoms. The van der Waals surface area contributed by atoms with E-state index < -0.39 is 0 Å². The second kappa shape index (κ2) is 8.55. The van der Waals surface area contributed by atoms with Crippen LogP contribution in [0.1, 0.15) is 5.56 Å². The van der Waals surface area contributed by atoms with Crippen LogP contribution in [0.4, 0.5) is 5.69 Å². The van der Waals surface area contributed by atoms with Crippen molar-refractivity contribution in [2.75, 3.05) is 18.2 Å². The smallest absolute Gasteiger partial charge is 0.234 e. The molecule has 1 amide bonds. The molecule has 0 heterocycles. The predicted molar refractivity (Wildman–Crippen MR) is 107 cm³/mol. The molecule has 0 fully saturated rings. The van der Waals surface area contributed by atoms with Gasteiger partial charge in [0.15, 0.2) is 5.75 Å². The number of hydrogen-bond acceptors (Lipinski definition) is 3. The lowest BCUT2D eigenvalue weighted by atomic mass is 10.2. The van der Waals surface area contributed by atoms with Gasteiger partial charge >= 0.3 is 0 Å². The molecule has 2 rings (SSSR count). The number of carbonyl (C=O) groups is 1. The van der Waals surface area contributed by atoms with Gasteiger partial charge in [-0.3, -0.25) is 4.79 Å². The normalized spacial score (nSPS) is 10.5. The third kappa shape index (κ3) is 4.75. The maximum Gasteiger partial charge on any atom is 0.234 e. The largest absolute Gasteiger partial charge is 0.493 e. The molecule has 0 saturated heterocycles. The first-order valence-electron chi connectivity index (χ1n) is 6.63. The Kier molecular flexibility index (Phi) is 7.00. The summed E-state index contributed by atoms with van der Waals surface area (Å²) in [6, 6.07) is 9.82. The van der Waals surface area contributed by atoms with Gasteiger partial charge in [-0.15, -0.1) is 11.8 Å². The Bertz CT molecular complexity index is 738. The molecule has 0 saturated carbocycles. The number of rotatable bonds is 5. The van der Waals surface area contributed by atoms with Crippen molar-refractivity contribution in [1.82, 2.24) is 0 Å². The molecule has 0 atom stereocenters. The fraction of sp³-hybridized carbons (Fsp3) is 0.188. The maximum atomic E-state index is 12.2. The minimum atomic E-state index is -0.0855. The Morgan fingerprint density at radius 2 is 1.91 bits per heavy atom. The number of aryl methyl sites for hydroxylation is 1. The molecular weight excluding hydrogens is 510 g/mol. The standard InChI is InChI=1S/C16H14Br3NO2S/c1-9-5-3-4-6-12(9)23-8-13(21)20-11-7-10(17)14(18)15(19)16(11)22-2/h3-7H,8H2,1-2H3,(H,20,21). The number of hydrogen-bond donors (Lipinski definition) is 1. The number of thioether (sulfide) groups is 1. The number of ether oxygens (including phenoxy) is 1. The van der Waals surface area contributed by atoms with E-state index >= 15 is 0 Å². The van der Waals surface area contributed by atoms with Gasteiger partial charge in [-0.2, -0.15) is 0 Å². The van der Waals surface area contributed by atoms with Gasteiger partial charge in [0.2, 0.25) is 5.91 Å². The maximum absolute atomic E-state index is 12.2. The molecule has 122 valence electrons. The molecule has 0 bridgehead atoms. The SMILES string of the molecule is COc1c(NC(=O)CSc2ccccc2C)cc(Br)c(Br)c1Br. The van der Waals surface area contributed by atoms with E-state index in [1.165, 1.54) is 11.8 Å². The Labute approximate surface area is 164 Å². The molecule has 0 aliphatic heterocycles. The van der Waals surface area contributed by atoms with Crippen LogP contribution in [-0.4, -0.2) is 18.8 Å². The molecule has 0 spiro atoms. The molecular formula is C16H14Br3NO2S. The molecule has 7 heteroatoms. The third-order valence-corrected chi connectivity index (χ3v) is 7.49. The van der Waals surface area contributed by atoms with Crippen LogP contribution in [0, 0.1) is 6.92 Å². The second-order valence-corrected chi connectivity index (χ2v) is 8.13. The van der Waals surface area contributed by atoms with Crippen LogP contribution >= 0.6 is 59.6 Å². The number of anilines is 1. The zero-order valence-electron chi connectivity index (χ0n) is 12.5. The van der Waals surface area contributed by atoms with Crippen LogP contribution in [0.3, 0.4) is 0 Å². The summed E-state index contributed by atoms with van der Waals surface area (Å²) in [5.74, 6) is 0.825. The zero-order valence-corrected chi connectivity index (χ0v) is 18.0. The van der Waals surface area contributed by atoms with Crippen LogP contribution in [0.25, 0.3) is 0 Å². The van der Waals surface area contributed by atoms with Crippen LogP contribution < -0.4 is 10.1 Å². The minimum Gasteiger partial charge on any atom is -0.493 e. The van der Waals surface area contributed by atoms with E-state index in [2.05, 4.69) is 53.1 Å². The first-order valence-corrected chi connectivity index (χ1v) is 10.00. The summed E-state index contributed by atoms with van der Waals surface area (Å²) in [6.45, 7) is 2.03. The fourth-order valence-electron chi connectivity index (χ4n) is 1.92. The topological polar surface area (TPSA) is 38.3 Å². The molecule has 0 aromatic heterocycles. The summed E-state index contributed by atoms with van der Waals surface area (Å²) >= 11 is 11.9. The highest BCUT2D eigenvalue weighted by Crippen LogP contribution is 2.43. The fourth-order valence-corrected chi connectivity index (χ4v) is 4.32. The van der Waals surface area contributed by atoms with Crippen LogP contribution in [0.15, 0.2) is 48.6 Å². The highest BCUT2D eigenvalue weighted by atomic mass is 79.9. The van der Waals surface area contributed by atoms with Gasteiger partial charge in [0, 0.05) is 13.8 Å². The van der Waals surface area contributed by atoms with Gasteiger partial charge in [-0.05, 0) is 72.4 Å². The first kappa shape index (κ1) is 18.8. The summed E-state index contributed by atoms with van der Waals surface area (Å²) in [4.78, 5) is 13.3. The quantitative estimate of drug-likeness (QED) is 0.384. The molecule has 2 aromatic rings. The molecule has 2 aromatic carbocycles. The Morgan fingerprint density at radius 3 is 2.57 bits per heavy atom. The van der Waals surface area contributed by atoms with E-state index in [1.807, 2.05) is 37.3 Å². The Morgan fingerprint density at radius 1 is 1.22 bits per heavy atom. The number of halogens is 3.